The second-order valence-electron chi connectivity index (χ2n) is 4.28. The van der Waals surface area contributed by atoms with Crippen LogP contribution >= 0.6 is 23.2 Å². The molecule has 0 aliphatic heterocycles. The number of hydrogen-bond donors (Lipinski definition) is 2. The number of carbonyl (C=O) groups is 1. The van der Waals surface area contributed by atoms with E-state index in [2.05, 4.69) is 0 Å². The lowest BCUT2D eigenvalue weighted by Crippen LogP contribution is -2.19. The fraction of sp³-hybridized carbons (Fsp3) is 0.417. The topological polar surface area (TPSA) is 69.1 Å². The molecule has 1 rings (SSSR count). The smallest absolute Gasteiger partial charge is 0.217 e. The lowest BCUT2D eigenvalue weighted by atomic mass is 9.94. The summed E-state index contributed by atoms with van der Waals surface area (Å²) in [6.45, 7) is 1.94. The molecular weight excluding hydrogens is 259 g/mol. The van der Waals surface area contributed by atoms with Crippen molar-refractivity contribution in [3.05, 3.63) is 33.8 Å². The Hall–Kier alpha value is -0.770. The van der Waals surface area contributed by atoms with Crippen molar-refractivity contribution in [2.45, 2.75) is 25.8 Å². The van der Waals surface area contributed by atoms with Gasteiger partial charge < -0.3 is 11.5 Å². The van der Waals surface area contributed by atoms with Crippen molar-refractivity contribution in [2.75, 3.05) is 0 Å². The highest BCUT2D eigenvalue weighted by molar-refractivity contribution is 6.35. The minimum Gasteiger partial charge on any atom is -0.370 e. The Balaban J connectivity index is 2.69. The van der Waals surface area contributed by atoms with Crippen molar-refractivity contribution < 1.29 is 4.79 Å². The normalized spacial score (nSPS) is 14.4. The molecule has 0 spiro atoms. The van der Waals surface area contributed by atoms with Crippen LogP contribution in [-0.4, -0.2) is 5.91 Å². The first-order valence-electron chi connectivity index (χ1n) is 5.39. The van der Waals surface area contributed by atoms with E-state index >= 15 is 0 Å². The molecule has 0 fully saturated rings. The first-order valence-corrected chi connectivity index (χ1v) is 6.14. The first-order chi connectivity index (χ1) is 7.90. The van der Waals surface area contributed by atoms with Gasteiger partial charge in [-0.15, -0.1) is 0 Å². The summed E-state index contributed by atoms with van der Waals surface area (Å²) in [6.07, 6.45) is 0.989. The molecule has 5 heteroatoms. The molecule has 4 N–H and O–H groups in total. The fourth-order valence-corrected chi connectivity index (χ4v) is 2.34. The van der Waals surface area contributed by atoms with Crippen LogP contribution in [-0.2, 0) is 4.79 Å². The monoisotopic (exact) mass is 274 g/mol. The minimum atomic E-state index is -0.313. The van der Waals surface area contributed by atoms with Gasteiger partial charge in [-0.3, -0.25) is 4.79 Å². The molecule has 0 aliphatic rings. The van der Waals surface area contributed by atoms with Crippen LogP contribution in [0.2, 0.25) is 10.0 Å². The van der Waals surface area contributed by atoms with Gasteiger partial charge in [0.1, 0.15) is 0 Å². The number of hydrogen-bond acceptors (Lipinski definition) is 2. The van der Waals surface area contributed by atoms with Crippen molar-refractivity contribution in [2.24, 2.45) is 17.4 Å². The maximum absolute atomic E-state index is 10.8. The molecule has 1 amide bonds. The Morgan fingerprint density at radius 1 is 1.41 bits per heavy atom. The van der Waals surface area contributed by atoms with Gasteiger partial charge >= 0.3 is 0 Å². The molecule has 0 saturated carbocycles. The molecule has 0 heterocycles. The van der Waals surface area contributed by atoms with E-state index in [1.54, 1.807) is 12.1 Å². The van der Waals surface area contributed by atoms with E-state index in [0.29, 0.717) is 22.9 Å². The fourth-order valence-electron chi connectivity index (χ4n) is 1.79. The second-order valence-corrected chi connectivity index (χ2v) is 5.13. The second kappa shape index (κ2) is 6.24. The van der Waals surface area contributed by atoms with Gasteiger partial charge in [-0.25, -0.2) is 0 Å². The van der Waals surface area contributed by atoms with E-state index in [0.717, 1.165) is 5.56 Å². The van der Waals surface area contributed by atoms with Crippen molar-refractivity contribution in [1.29, 1.82) is 0 Å². The highest BCUT2D eigenvalue weighted by Gasteiger charge is 2.15. The molecule has 0 radical (unpaired) electrons. The Morgan fingerprint density at radius 3 is 2.59 bits per heavy atom. The molecule has 17 heavy (non-hydrogen) atoms. The predicted molar refractivity (Wildman–Crippen MR) is 71.0 cm³/mol. The molecular formula is C12H16Cl2N2O. The van der Waals surface area contributed by atoms with Crippen LogP contribution < -0.4 is 11.5 Å². The zero-order valence-corrected chi connectivity index (χ0v) is 11.1. The lowest BCUT2D eigenvalue weighted by molar-refractivity contribution is -0.118. The number of primary amides is 1. The molecule has 2 unspecified atom stereocenters. The first kappa shape index (κ1) is 14.3. The van der Waals surface area contributed by atoms with Crippen molar-refractivity contribution in [3.63, 3.8) is 0 Å². The summed E-state index contributed by atoms with van der Waals surface area (Å²) in [5.74, 6) is -0.179. The third-order valence-corrected chi connectivity index (χ3v) is 3.13. The van der Waals surface area contributed by atoms with Gasteiger partial charge in [0, 0.05) is 22.5 Å². The Labute approximate surface area is 111 Å². The Morgan fingerprint density at radius 2 is 2.06 bits per heavy atom. The summed E-state index contributed by atoms with van der Waals surface area (Å²) in [6, 6.07) is 5.01. The zero-order chi connectivity index (χ0) is 13.0. The summed E-state index contributed by atoms with van der Waals surface area (Å²) in [5, 5.41) is 1.13. The maximum atomic E-state index is 10.8. The van der Waals surface area contributed by atoms with E-state index in [9.17, 15) is 4.79 Å². The molecule has 0 saturated heterocycles. The Kier molecular flexibility index (Phi) is 5.25. The average Bonchev–Trinajstić information content (AvgIpc) is 2.15. The van der Waals surface area contributed by atoms with Crippen LogP contribution in [0.5, 0.6) is 0 Å². The van der Waals surface area contributed by atoms with Crippen molar-refractivity contribution >= 4 is 29.1 Å². The van der Waals surface area contributed by atoms with Crippen molar-refractivity contribution in [3.8, 4) is 0 Å². The van der Waals surface area contributed by atoms with Crippen LogP contribution in [0.25, 0.3) is 0 Å². The summed E-state index contributed by atoms with van der Waals surface area (Å²) in [4.78, 5) is 10.8. The molecule has 3 nitrogen and oxygen atoms in total. The highest BCUT2D eigenvalue weighted by atomic mass is 35.5. The number of rotatable bonds is 5. The summed E-state index contributed by atoms with van der Waals surface area (Å²) in [7, 11) is 0. The maximum Gasteiger partial charge on any atom is 0.217 e. The predicted octanol–water partition coefficient (Wildman–Crippen LogP) is 2.89. The summed E-state index contributed by atoms with van der Waals surface area (Å²) < 4.78 is 0. The molecule has 0 bridgehead atoms. The highest BCUT2D eigenvalue weighted by Crippen LogP contribution is 2.29. The van der Waals surface area contributed by atoms with E-state index < -0.39 is 0 Å². The Bertz CT molecular complexity index is 409. The summed E-state index contributed by atoms with van der Waals surface area (Å²) >= 11 is 11.9. The van der Waals surface area contributed by atoms with Crippen LogP contribution in [0.3, 0.4) is 0 Å². The molecule has 1 aromatic carbocycles. The standard InChI is InChI=1S/C12H16Cl2N2O/c1-7(5-12(16)17)4-11(15)9-3-2-8(13)6-10(9)14/h2-3,6-7,11H,4-5,15H2,1H3,(H2,16,17). The lowest BCUT2D eigenvalue weighted by Gasteiger charge is -2.17. The van der Waals surface area contributed by atoms with Crippen molar-refractivity contribution in [1.82, 2.24) is 0 Å². The number of halogens is 2. The quantitative estimate of drug-likeness (QED) is 0.867. The van der Waals surface area contributed by atoms with Crippen LogP contribution in [0.4, 0.5) is 0 Å². The van der Waals surface area contributed by atoms with E-state index in [1.165, 1.54) is 0 Å². The number of carbonyl (C=O) groups excluding carboxylic acids is 1. The van der Waals surface area contributed by atoms with Gasteiger partial charge in [0.25, 0.3) is 0 Å². The summed E-state index contributed by atoms with van der Waals surface area (Å²) in [5.41, 5.74) is 12.0. The van der Waals surface area contributed by atoms with E-state index in [-0.39, 0.29) is 17.9 Å². The van der Waals surface area contributed by atoms with E-state index in [4.69, 9.17) is 34.7 Å². The molecule has 1 aromatic rings. The van der Waals surface area contributed by atoms with Crippen LogP contribution in [0, 0.1) is 5.92 Å². The third-order valence-electron chi connectivity index (χ3n) is 2.57. The van der Waals surface area contributed by atoms with Crippen LogP contribution in [0.1, 0.15) is 31.4 Å². The SMILES string of the molecule is CC(CC(N)=O)CC(N)c1ccc(Cl)cc1Cl. The molecule has 94 valence electrons. The molecule has 0 aromatic heterocycles. The molecule has 2 atom stereocenters. The van der Waals surface area contributed by atoms with Gasteiger partial charge in [-0.1, -0.05) is 36.2 Å². The van der Waals surface area contributed by atoms with E-state index in [1.807, 2.05) is 13.0 Å². The van der Waals surface area contributed by atoms with Gasteiger partial charge in [0.15, 0.2) is 0 Å². The van der Waals surface area contributed by atoms with Gasteiger partial charge in [0.2, 0.25) is 5.91 Å². The van der Waals surface area contributed by atoms with Crippen LogP contribution in [0.15, 0.2) is 18.2 Å². The zero-order valence-electron chi connectivity index (χ0n) is 9.62. The third kappa shape index (κ3) is 4.54. The minimum absolute atomic E-state index is 0.134. The number of benzene rings is 1. The van der Waals surface area contributed by atoms with Gasteiger partial charge in [0.05, 0.1) is 0 Å². The average molecular weight is 275 g/mol. The number of amides is 1. The molecule has 0 aliphatic carbocycles. The van der Waals surface area contributed by atoms with Gasteiger partial charge in [-0.05, 0) is 30.0 Å². The largest absolute Gasteiger partial charge is 0.370 e. The number of nitrogens with two attached hydrogens (primary N) is 2. The van der Waals surface area contributed by atoms with Gasteiger partial charge in [-0.2, -0.15) is 0 Å².